The lowest BCUT2D eigenvalue weighted by Gasteiger charge is -2.25. The van der Waals surface area contributed by atoms with E-state index in [0.717, 1.165) is 11.4 Å². The van der Waals surface area contributed by atoms with E-state index >= 15 is 0 Å². The fourth-order valence-corrected chi connectivity index (χ4v) is 1.68. The van der Waals surface area contributed by atoms with Crippen molar-refractivity contribution in [2.24, 2.45) is 0 Å². The quantitative estimate of drug-likeness (QED) is 0.733. The Hall–Kier alpha value is -1.62. The average molecular weight is 265 g/mol. The normalized spacial score (nSPS) is 11.2. The van der Waals surface area contributed by atoms with Gasteiger partial charge in [0.05, 0.1) is 17.8 Å². The van der Waals surface area contributed by atoms with Crippen LogP contribution in [0.5, 0.6) is 0 Å². The first-order valence-electron chi connectivity index (χ1n) is 6.65. The van der Waals surface area contributed by atoms with E-state index in [-0.39, 0.29) is 12.6 Å². The van der Waals surface area contributed by atoms with Gasteiger partial charge in [0.2, 0.25) is 0 Å². The summed E-state index contributed by atoms with van der Waals surface area (Å²) in [6, 6.07) is 5.39. The summed E-state index contributed by atoms with van der Waals surface area (Å²) >= 11 is 0. The highest BCUT2D eigenvalue weighted by molar-refractivity contribution is 5.73. The summed E-state index contributed by atoms with van der Waals surface area (Å²) in [5.41, 5.74) is 0.918. The second kappa shape index (κ2) is 7.09. The molecule has 0 aliphatic heterocycles. The van der Waals surface area contributed by atoms with Gasteiger partial charge in [-0.3, -0.25) is 4.98 Å². The van der Waals surface area contributed by atoms with E-state index in [1.165, 1.54) is 0 Å². The molecule has 0 aliphatic rings. The molecule has 0 fully saturated rings. The van der Waals surface area contributed by atoms with Crippen LogP contribution in [0.3, 0.4) is 0 Å². The number of carbonyl (C=O) groups is 1. The topological polar surface area (TPSA) is 74.2 Å². The number of amides is 2. The monoisotopic (exact) mass is 265 g/mol. The largest absolute Gasteiger partial charge is 0.388 e. The molecule has 19 heavy (non-hydrogen) atoms. The number of aromatic nitrogens is 1. The van der Waals surface area contributed by atoms with E-state index in [2.05, 4.69) is 15.6 Å². The van der Waals surface area contributed by atoms with Crippen molar-refractivity contribution in [2.45, 2.75) is 45.8 Å². The van der Waals surface area contributed by atoms with Crippen molar-refractivity contribution in [2.75, 3.05) is 6.54 Å². The molecule has 1 rings (SSSR count). The molecule has 3 N–H and O–H groups in total. The highest BCUT2D eigenvalue weighted by atomic mass is 16.3. The molecular formula is C14H23N3O2. The first-order chi connectivity index (χ1) is 8.99. The van der Waals surface area contributed by atoms with Gasteiger partial charge >= 0.3 is 6.03 Å². The minimum atomic E-state index is -0.821. The van der Waals surface area contributed by atoms with E-state index < -0.39 is 5.60 Å². The lowest BCUT2D eigenvalue weighted by Crippen LogP contribution is -2.45. The van der Waals surface area contributed by atoms with Gasteiger partial charge < -0.3 is 15.7 Å². The lowest BCUT2D eigenvalue weighted by atomic mass is 9.98. The van der Waals surface area contributed by atoms with E-state index in [4.69, 9.17) is 0 Å². The van der Waals surface area contributed by atoms with E-state index in [9.17, 15) is 9.90 Å². The first kappa shape index (κ1) is 15.4. The highest BCUT2D eigenvalue weighted by Crippen LogP contribution is 2.12. The van der Waals surface area contributed by atoms with Crippen LogP contribution in [0.25, 0.3) is 0 Å². The van der Waals surface area contributed by atoms with Crippen molar-refractivity contribution >= 4 is 6.03 Å². The van der Waals surface area contributed by atoms with Crippen LogP contribution in [0.2, 0.25) is 0 Å². The van der Waals surface area contributed by atoms with Gasteiger partial charge in [0, 0.05) is 12.2 Å². The molecule has 1 aromatic heterocycles. The Labute approximate surface area is 114 Å². The summed E-state index contributed by atoms with van der Waals surface area (Å²) in [5.74, 6) is 0. The standard InChI is InChI=1S/C14H23N3O2/c1-4-14(19,5-2)10-16-13(18)15-9-12-8-6-7-11(3)17-12/h6-8,19H,4-5,9-10H2,1-3H3,(H2,15,16,18). The predicted octanol–water partition coefficient (Wildman–Crippen LogP) is 1.74. The van der Waals surface area contributed by atoms with Crippen molar-refractivity contribution < 1.29 is 9.90 Å². The molecule has 0 spiro atoms. The summed E-state index contributed by atoms with van der Waals surface area (Å²) in [7, 11) is 0. The maximum Gasteiger partial charge on any atom is 0.315 e. The number of aliphatic hydroxyl groups is 1. The minimum Gasteiger partial charge on any atom is -0.388 e. The van der Waals surface area contributed by atoms with Gasteiger partial charge in [0.25, 0.3) is 0 Å². The maximum atomic E-state index is 11.6. The molecule has 1 aromatic rings. The Balaban J connectivity index is 2.36. The Kier molecular flexibility index (Phi) is 5.76. The SMILES string of the molecule is CCC(O)(CC)CNC(=O)NCc1cccc(C)n1. The molecule has 0 aliphatic carbocycles. The van der Waals surface area contributed by atoms with Crippen molar-refractivity contribution in [3.63, 3.8) is 0 Å². The Bertz CT molecular complexity index is 417. The number of aryl methyl sites for hydroxylation is 1. The second-order valence-electron chi connectivity index (χ2n) is 4.74. The molecule has 0 radical (unpaired) electrons. The van der Waals surface area contributed by atoms with Gasteiger partial charge in [0.1, 0.15) is 0 Å². The fraction of sp³-hybridized carbons (Fsp3) is 0.571. The molecule has 5 heteroatoms. The number of urea groups is 1. The smallest absolute Gasteiger partial charge is 0.315 e. The third kappa shape index (κ3) is 5.26. The Morgan fingerprint density at radius 1 is 1.32 bits per heavy atom. The third-order valence-electron chi connectivity index (χ3n) is 3.27. The molecule has 0 aromatic carbocycles. The van der Waals surface area contributed by atoms with Gasteiger partial charge in [0.15, 0.2) is 0 Å². The molecule has 0 saturated heterocycles. The van der Waals surface area contributed by atoms with Crippen molar-refractivity contribution in [3.05, 3.63) is 29.6 Å². The van der Waals surface area contributed by atoms with Crippen LogP contribution in [0.4, 0.5) is 4.79 Å². The second-order valence-corrected chi connectivity index (χ2v) is 4.74. The Morgan fingerprint density at radius 2 is 2.00 bits per heavy atom. The number of pyridine rings is 1. The minimum absolute atomic E-state index is 0.257. The van der Waals surface area contributed by atoms with Crippen molar-refractivity contribution in [3.8, 4) is 0 Å². The lowest BCUT2D eigenvalue weighted by molar-refractivity contribution is 0.0349. The number of nitrogens with one attached hydrogen (secondary N) is 2. The van der Waals surface area contributed by atoms with Gasteiger partial charge in [-0.2, -0.15) is 0 Å². The van der Waals surface area contributed by atoms with Crippen LogP contribution in [-0.4, -0.2) is 28.3 Å². The zero-order chi connectivity index (χ0) is 14.3. The van der Waals surface area contributed by atoms with Crippen LogP contribution >= 0.6 is 0 Å². The zero-order valence-electron chi connectivity index (χ0n) is 11.9. The molecular weight excluding hydrogens is 242 g/mol. The third-order valence-corrected chi connectivity index (χ3v) is 3.27. The van der Waals surface area contributed by atoms with Gasteiger partial charge in [-0.05, 0) is 31.9 Å². The molecule has 1 heterocycles. The van der Waals surface area contributed by atoms with E-state index in [1.807, 2.05) is 39.0 Å². The number of hydrogen-bond donors (Lipinski definition) is 3. The Morgan fingerprint density at radius 3 is 2.58 bits per heavy atom. The van der Waals surface area contributed by atoms with Crippen LogP contribution < -0.4 is 10.6 Å². The van der Waals surface area contributed by atoms with Gasteiger partial charge in [-0.15, -0.1) is 0 Å². The first-order valence-corrected chi connectivity index (χ1v) is 6.65. The van der Waals surface area contributed by atoms with Crippen LogP contribution in [0.15, 0.2) is 18.2 Å². The number of nitrogens with zero attached hydrogens (tertiary/aromatic N) is 1. The zero-order valence-corrected chi connectivity index (χ0v) is 11.9. The maximum absolute atomic E-state index is 11.6. The fourth-order valence-electron chi connectivity index (χ4n) is 1.68. The van der Waals surface area contributed by atoms with Crippen LogP contribution in [-0.2, 0) is 6.54 Å². The summed E-state index contributed by atoms with van der Waals surface area (Å²) in [6.07, 6.45) is 1.23. The highest BCUT2D eigenvalue weighted by Gasteiger charge is 2.22. The summed E-state index contributed by atoms with van der Waals surface area (Å²) in [5, 5.41) is 15.4. The van der Waals surface area contributed by atoms with E-state index in [0.29, 0.717) is 19.4 Å². The van der Waals surface area contributed by atoms with Gasteiger partial charge in [-0.1, -0.05) is 19.9 Å². The molecule has 5 nitrogen and oxygen atoms in total. The molecule has 0 unspecified atom stereocenters. The molecule has 0 saturated carbocycles. The molecule has 2 amide bonds. The summed E-state index contributed by atoms with van der Waals surface area (Å²) in [6.45, 7) is 6.35. The number of carbonyl (C=O) groups excluding carboxylic acids is 1. The summed E-state index contributed by atoms with van der Waals surface area (Å²) < 4.78 is 0. The van der Waals surface area contributed by atoms with Crippen LogP contribution in [0, 0.1) is 6.92 Å². The summed E-state index contributed by atoms with van der Waals surface area (Å²) in [4.78, 5) is 15.9. The predicted molar refractivity (Wildman–Crippen MR) is 74.7 cm³/mol. The van der Waals surface area contributed by atoms with Crippen molar-refractivity contribution in [1.82, 2.24) is 15.6 Å². The van der Waals surface area contributed by atoms with Crippen LogP contribution in [0.1, 0.15) is 38.1 Å². The van der Waals surface area contributed by atoms with Gasteiger partial charge in [-0.25, -0.2) is 4.79 Å². The average Bonchev–Trinajstić information content (AvgIpc) is 2.42. The number of hydrogen-bond acceptors (Lipinski definition) is 3. The van der Waals surface area contributed by atoms with E-state index in [1.54, 1.807) is 0 Å². The number of rotatable bonds is 6. The molecule has 106 valence electrons. The van der Waals surface area contributed by atoms with Crippen molar-refractivity contribution in [1.29, 1.82) is 0 Å². The molecule has 0 bridgehead atoms. The molecule has 0 atom stereocenters.